The number of hydrogen-bond acceptors (Lipinski definition) is 4. The van der Waals surface area contributed by atoms with Crippen LogP contribution in [-0.2, 0) is 14.4 Å². The standard InChI is InChI=1S/C13H15N3O4/c1-8(17)14-15-12(18)7-16-6-10(13(19)20)9-4-2-3-5-11(9)16/h2-5,10H,6-7H2,1H3,(H,14,17)(H,15,18)(H,19,20). The van der Waals surface area contributed by atoms with Crippen molar-refractivity contribution in [2.75, 3.05) is 18.0 Å². The zero-order valence-electron chi connectivity index (χ0n) is 10.9. The summed E-state index contributed by atoms with van der Waals surface area (Å²) in [4.78, 5) is 35.3. The molecule has 2 amide bonds. The number of para-hydroxylation sites is 1. The fourth-order valence-electron chi connectivity index (χ4n) is 2.22. The van der Waals surface area contributed by atoms with E-state index in [9.17, 15) is 19.5 Å². The molecule has 0 aliphatic carbocycles. The van der Waals surface area contributed by atoms with Crippen LogP contribution in [0.15, 0.2) is 24.3 Å². The molecule has 106 valence electrons. The van der Waals surface area contributed by atoms with Crippen molar-refractivity contribution in [2.24, 2.45) is 0 Å². The Kier molecular flexibility index (Phi) is 3.88. The van der Waals surface area contributed by atoms with Crippen LogP contribution in [0.3, 0.4) is 0 Å². The molecular weight excluding hydrogens is 262 g/mol. The van der Waals surface area contributed by atoms with E-state index in [2.05, 4.69) is 10.9 Å². The van der Waals surface area contributed by atoms with Crippen molar-refractivity contribution >= 4 is 23.5 Å². The predicted octanol–water partition coefficient (Wildman–Crippen LogP) is -0.158. The van der Waals surface area contributed by atoms with Crippen LogP contribution in [0.4, 0.5) is 5.69 Å². The van der Waals surface area contributed by atoms with E-state index in [-0.39, 0.29) is 19.0 Å². The van der Waals surface area contributed by atoms with Gasteiger partial charge in [0.1, 0.15) is 5.92 Å². The summed E-state index contributed by atoms with van der Waals surface area (Å²) in [6.07, 6.45) is 0. The maximum absolute atomic E-state index is 11.7. The van der Waals surface area contributed by atoms with E-state index < -0.39 is 17.8 Å². The predicted molar refractivity (Wildman–Crippen MR) is 71.0 cm³/mol. The SMILES string of the molecule is CC(=O)NNC(=O)CN1CC(C(=O)O)c2ccccc21. The van der Waals surface area contributed by atoms with Crippen LogP contribution in [0.25, 0.3) is 0 Å². The summed E-state index contributed by atoms with van der Waals surface area (Å²) in [6.45, 7) is 1.51. The van der Waals surface area contributed by atoms with Gasteiger partial charge in [0.2, 0.25) is 5.91 Å². The molecule has 0 fully saturated rings. The summed E-state index contributed by atoms with van der Waals surface area (Å²) in [7, 11) is 0. The lowest BCUT2D eigenvalue weighted by molar-refractivity contribution is -0.138. The third-order valence-electron chi connectivity index (χ3n) is 3.07. The van der Waals surface area contributed by atoms with Crippen molar-refractivity contribution in [2.45, 2.75) is 12.8 Å². The maximum atomic E-state index is 11.7. The molecule has 1 aliphatic heterocycles. The first-order valence-electron chi connectivity index (χ1n) is 6.11. The van der Waals surface area contributed by atoms with Crippen LogP contribution in [0.1, 0.15) is 18.4 Å². The number of rotatable bonds is 3. The lowest BCUT2D eigenvalue weighted by Gasteiger charge is -2.18. The topological polar surface area (TPSA) is 98.7 Å². The quantitative estimate of drug-likeness (QED) is 0.667. The third kappa shape index (κ3) is 2.87. The van der Waals surface area contributed by atoms with Gasteiger partial charge in [0.25, 0.3) is 5.91 Å². The second-order valence-corrected chi connectivity index (χ2v) is 4.56. The molecule has 3 N–H and O–H groups in total. The molecule has 0 spiro atoms. The zero-order valence-corrected chi connectivity index (χ0v) is 10.9. The first-order chi connectivity index (χ1) is 9.49. The molecule has 1 aromatic carbocycles. The van der Waals surface area contributed by atoms with E-state index in [0.717, 1.165) is 5.69 Å². The summed E-state index contributed by atoms with van der Waals surface area (Å²) in [5.74, 6) is -2.33. The Labute approximate surface area is 115 Å². The van der Waals surface area contributed by atoms with Gasteiger partial charge in [-0.25, -0.2) is 0 Å². The van der Waals surface area contributed by atoms with Crippen molar-refractivity contribution in [3.63, 3.8) is 0 Å². The van der Waals surface area contributed by atoms with Crippen molar-refractivity contribution in [1.29, 1.82) is 0 Å². The maximum Gasteiger partial charge on any atom is 0.312 e. The number of carboxylic acid groups (broad SMARTS) is 1. The normalized spacial score (nSPS) is 16.4. The van der Waals surface area contributed by atoms with Gasteiger partial charge in [-0.3, -0.25) is 25.2 Å². The Morgan fingerprint density at radius 3 is 2.65 bits per heavy atom. The van der Waals surface area contributed by atoms with Crippen LogP contribution in [-0.4, -0.2) is 36.0 Å². The number of carbonyl (C=O) groups is 3. The Balaban J connectivity index is 2.09. The van der Waals surface area contributed by atoms with Gasteiger partial charge in [0, 0.05) is 19.2 Å². The largest absolute Gasteiger partial charge is 0.481 e. The summed E-state index contributed by atoms with van der Waals surface area (Å²) in [6, 6.07) is 7.10. The molecular formula is C13H15N3O4. The van der Waals surface area contributed by atoms with E-state index in [1.54, 1.807) is 29.2 Å². The molecule has 1 aliphatic rings. The van der Waals surface area contributed by atoms with Crippen molar-refractivity contribution in [1.82, 2.24) is 10.9 Å². The number of nitrogens with zero attached hydrogens (tertiary/aromatic N) is 1. The second kappa shape index (κ2) is 5.60. The number of hydrazine groups is 1. The second-order valence-electron chi connectivity index (χ2n) is 4.56. The fraction of sp³-hybridized carbons (Fsp3) is 0.308. The number of hydrogen-bond donors (Lipinski definition) is 3. The monoisotopic (exact) mass is 277 g/mol. The van der Waals surface area contributed by atoms with E-state index >= 15 is 0 Å². The molecule has 20 heavy (non-hydrogen) atoms. The Bertz CT molecular complexity index is 558. The molecule has 0 aromatic heterocycles. The average molecular weight is 277 g/mol. The Morgan fingerprint density at radius 2 is 2.00 bits per heavy atom. The molecule has 0 bridgehead atoms. The number of amides is 2. The number of nitrogens with one attached hydrogen (secondary N) is 2. The molecule has 0 radical (unpaired) electrons. The molecule has 7 nitrogen and oxygen atoms in total. The van der Waals surface area contributed by atoms with Crippen LogP contribution in [0, 0.1) is 0 Å². The highest BCUT2D eigenvalue weighted by atomic mass is 16.4. The minimum Gasteiger partial charge on any atom is -0.481 e. The number of aliphatic carboxylic acids is 1. The van der Waals surface area contributed by atoms with E-state index in [1.807, 2.05) is 0 Å². The summed E-state index contributed by atoms with van der Waals surface area (Å²) in [5.41, 5.74) is 5.89. The summed E-state index contributed by atoms with van der Waals surface area (Å²) < 4.78 is 0. The molecule has 1 aromatic rings. The highest BCUT2D eigenvalue weighted by Gasteiger charge is 2.33. The molecule has 1 heterocycles. The molecule has 2 rings (SSSR count). The van der Waals surface area contributed by atoms with E-state index in [4.69, 9.17) is 0 Å². The smallest absolute Gasteiger partial charge is 0.312 e. The van der Waals surface area contributed by atoms with Crippen LogP contribution >= 0.6 is 0 Å². The van der Waals surface area contributed by atoms with Gasteiger partial charge in [-0.1, -0.05) is 18.2 Å². The molecule has 7 heteroatoms. The lowest BCUT2D eigenvalue weighted by Crippen LogP contribution is -2.45. The van der Waals surface area contributed by atoms with Crippen molar-refractivity contribution in [3.05, 3.63) is 29.8 Å². The third-order valence-corrected chi connectivity index (χ3v) is 3.07. The summed E-state index contributed by atoms with van der Waals surface area (Å²) in [5, 5.41) is 9.20. The first kappa shape index (κ1) is 13.9. The van der Waals surface area contributed by atoms with Crippen molar-refractivity contribution < 1.29 is 19.5 Å². The number of fused-ring (bicyclic) bond motifs is 1. The lowest BCUT2D eigenvalue weighted by atomic mass is 10.0. The number of carboxylic acids is 1. The zero-order chi connectivity index (χ0) is 14.7. The Morgan fingerprint density at radius 1 is 1.30 bits per heavy atom. The van der Waals surface area contributed by atoms with Gasteiger partial charge >= 0.3 is 5.97 Å². The van der Waals surface area contributed by atoms with Crippen molar-refractivity contribution in [3.8, 4) is 0 Å². The van der Waals surface area contributed by atoms with Gasteiger partial charge in [-0.2, -0.15) is 0 Å². The number of carbonyl (C=O) groups excluding carboxylic acids is 2. The van der Waals surface area contributed by atoms with Gasteiger partial charge in [-0.05, 0) is 11.6 Å². The molecule has 1 atom stereocenters. The van der Waals surface area contributed by atoms with Crippen LogP contribution < -0.4 is 15.8 Å². The number of anilines is 1. The number of benzene rings is 1. The highest BCUT2D eigenvalue weighted by molar-refractivity contribution is 5.88. The van der Waals surface area contributed by atoms with Gasteiger partial charge in [-0.15, -0.1) is 0 Å². The summed E-state index contributed by atoms with van der Waals surface area (Å²) >= 11 is 0. The van der Waals surface area contributed by atoms with E-state index in [0.29, 0.717) is 5.56 Å². The molecule has 0 saturated heterocycles. The van der Waals surface area contributed by atoms with Crippen LogP contribution in [0.5, 0.6) is 0 Å². The fourth-order valence-corrected chi connectivity index (χ4v) is 2.22. The molecule has 0 saturated carbocycles. The van der Waals surface area contributed by atoms with Gasteiger partial charge in [0.05, 0.1) is 6.54 Å². The minimum atomic E-state index is -0.915. The van der Waals surface area contributed by atoms with Gasteiger partial charge < -0.3 is 10.0 Å². The van der Waals surface area contributed by atoms with Gasteiger partial charge in [0.15, 0.2) is 0 Å². The minimum absolute atomic E-state index is 0.0128. The van der Waals surface area contributed by atoms with E-state index in [1.165, 1.54) is 6.92 Å². The molecule has 1 unspecified atom stereocenters. The highest BCUT2D eigenvalue weighted by Crippen LogP contribution is 2.35. The van der Waals surface area contributed by atoms with Crippen LogP contribution in [0.2, 0.25) is 0 Å². The Hall–Kier alpha value is -2.57. The first-order valence-corrected chi connectivity index (χ1v) is 6.11. The average Bonchev–Trinajstić information content (AvgIpc) is 2.76.